The van der Waals surface area contributed by atoms with E-state index in [9.17, 15) is 0 Å². The van der Waals surface area contributed by atoms with Crippen LogP contribution in [0.25, 0.3) is 0 Å². The molecule has 1 atom stereocenters. The average Bonchev–Trinajstić information content (AvgIpc) is 1.95. The van der Waals surface area contributed by atoms with Crippen LogP contribution >= 0.6 is 22.6 Å². The van der Waals surface area contributed by atoms with Gasteiger partial charge < -0.3 is 4.74 Å². The van der Waals surface area contributed by atoms with Gasteiger partial charge in [-0.05, 0) is 48.8 Å². The van der Waals surface area contributed by atoms with Gasteiger partial charge in [0.1, 0.15) is 0 Å². The molecule has 10 heavy (non-hydrogen) atoms. The zero-order chi connectivity index (χ0) is 7.56. The Morgan fingerprint density at radius 3 is 2.80 bits per heavy atom. The monoisotopic (exact) mass is 252 g/mol. The first-order chi connectivity index (χ1) is 4.75. The highest BCUT2D eigenvalue weighted by Gasteiger charge is 2.17. The molecule has 1 rings (SSSR count). The van der Waals surface area contributed by atoms with Gasteiger partial charge in [0.15, 0.2) is 0 Å². The minimum absolute atomic E-state index is 0.398. The maximum absolute atomic E-state index is 5.31. The molecule has 1 aliphatic rings. The van der Waals surface area contributed by atoms with Gasteiger partial charge >= 0.3 is 0 Å². The summed E-state index contributed by atoms with van der Waals surface area (Å²) in [6.07, 6.45) is 4.15. The van der Waals surface area contributed by atoms with Crippen molar-refractivity contribution < 1.29 is 4.74 Å². The number of methoxy groups -OCH3 is 1. The minimum Gasteiger partial charge on any atom is -0.376 e. The Morgan fingerprint density at radius 1 is 1.60 bits per heavy atom. The Hall–Kier alpha value is 0.430. The summed E-state index contributed by atoms with van der Waals surface area (Å²) in [6, 6.07) is 0. The van der Waals surface area contributed by atoms with Crippen molar-refractivity contribution in [3.05, 3.63) is 9.15 Å². The lowest BCUT2D eigenvalue weighted by atomic mass is 9.99. The molecule has 0 amide bonds. The predicted molar refractivity (Wildman–Crippen MR) is 51.4 cm³/mol. The minimum atomic E-state index is 0.398. The topological polar surface area (TPSA) is 9.23 Å². The zero-order valence-electron chi connectivity index (χ0n) is 6.48. The van der Waals surface area contributed by atoms with Gasteiger partial charge in [-0.25, -0.2) is 0 Å². The molecular weight excluding hydrogens is 239 g/mol. The van der Waals surface area contributed by atoms with E-state index in [2.05, 4.69) is 29.5 Å². The highest BCUT2D eigenvalue weighted by molar-refractivity contribution is 14.1. The third kappa shape index (κ3) is 1.72. The lowest BCUT2D eigenvalue weighted by Crippen LogP contribution is -2.15. The van der Waals surface area contributed by atoms with Gasteiger partial charge in [-0.1, -0.05) is 5.57 Å². The number of halogens is 1. The molecule has 0 saturated heterocycles. The molecular formula is C8H13IO. The largest absolute Gasteiger partial charge is 0.376 e. The molecule has 0 fully saturated rings. The Bertz CT molecular complexity index is 151. The summed E-state index contributed by atoms with van der Waals surface area (Å²) >= 11 is 2.40. The van der Waals surface area contributed by atoms with Crippen LogP contribution in [0.5, 0.6) is 0 Å². The second-order valence-electron chi connectivity index (χ2n) is 2.74. The van der Waals surface area contributed by atoms with E-state index in [-0.39, 0.29) is 0 Å². The second-order valence-corrected chi connectivity index (χ2v) is 3.91. The van der Waals surface area contributed by atoms with E-state index in [0.717, 1.165) is 0 Å². The average molecular weight is 252 g/mol. The maximum atomic E-state index is 5.31. The quantitative estimate of drug-likeness (QED) is 0.652. The smallest absolute Gasteiger partial charge is 0.0877 e. The fraction of sp³-hybridized carbons (Fsp3) is 0.750. The molecule has 0 N–H and O–H groups in total. The van der Waals surface area contributed by atoms with E-state index in [4.69, 9.17) is 4.74 Å². The molecule has 0 heterocycles. The van der Waals surface area contributed by atoms with Crippen molar-refractivity contribution in [1.29, 1.82) is 0 Å². The molecule has 0 aromatic rings. The summed E-state index contributed by atoms with van der Waals surface area (Å²) in [5, 5.41) is 0. The fourth-order valence-electron chi connectivity index (χ4n) is 1.29. The van der Waals surface area contributed by atoms with Gasteiger partial charge in [-0.3, -0.25) is 0 Å². The van der Waals surface area contributed by atoms with Crippen molar-refractivity contribution in [2.75, 3.05) is 7.11 Å². The summed E-state index contributed by atoms with van der Waals surface area (Å²) < 4.78 is 6.73. The molecule has 0 radical (unpaired) electrons. The Morgan fingerprint density at radius 2 is 2.30 bits per heavy atom. The number of hydrogen-bond donors (Lipinski definition) is 0. The van der Waals surface area contributed by atoms with Crippen molar-refractivity contribution in [1.82, 2.24) is 0 Å². The molecule has 0 spiro atoms. The van der Waals surface area contributed by atoms with Crippen LogP contribution < -0.4 is 0 Å². The van der Waals surface area contributed by atoms with E-state index in [1.54, 1.807) is 7.11 Å². The molecule has 0 aliphatic heterocycles. The van der Waals surface area contributed by atoms with E-state index in [1.165, 1.54) is 28.4 Å². The van der Waals surface area contributed by atoms with Crippen molar-refractivity contribution in [3.8, 4) is 0 Å². The van der Waals surface area contributed by atoms with Crippen LogP contribution in [0.3, 0.4) is 0 Å². The maximum Gasteiger partial charge on any atom is 0.0877 e. The van der Waals surface area contributed by atoms with Crippen LogP contribution in [0.2, 0.25) is 0 Å². The molecule has 1 nitrogen and oxygen atoms in total. The predicted octanol–water partition coefficient (Wildman–Crippen LogP) is 2.89. The molecule has 0 saturated carbocycles. The molecule has 0 aromatic carbocycles. The lowest BCUT2D eigenvalue weighted by molar-refractivity contribution is 0.125. The first-order valence-corrected chi connectivity index (χ1v) is 4.71. The molecule has 0 bridgehead atoms. The van der Waals surface area contributed by atoms with Crippen LogP contribution in [0.4, 0.5) is 0 Å². The zero-order valence-corrected chi connectivity index (χ0v) is 8.64. The SMILES string of the molecule is COC1CCCC(C)=C1I. The summed E-state index contributed by atoms with van der Waals surface area (Å²) in [6.45, 7) is 2.20. The highest BCUT2D eigenvalue weighted by atomic mass is 127. The molecule has 1 aliphatic carbocycles. The third-order valence-electron chi connectivity index (χ3n) is 1.99. The number of hydrogen-bond acceptors (Lipinski definition) is 1. The fourth-order valence-corrected chi connectivity index (χ4v) is 2.13. The number of allylic oxidation sites excluding steroid dienone is 1. The molecule has 58 valence electrons. The van der Waals surface area contributed by atoms with Crippen LogP contribution in [0.15, 0.2) is 9.15 Å². The van der Waals surface area contributed by atoms with E-state index in [0.29, 0.717) is 6.10 Å². The van der Waals surface area contributed by atoms with Crippen LogP contribution in [-0.4, -0.2) is 13.2 Å². The number of rotatable bonds is 1. The van der Waals surface area contributed by atoms with E-state index in [1.807, 2.05) is 0 Å². The third-order valence-corrected chi connectivity index (χ3v) is 3.61. The molecule has 0 aromatic heterocycles. The van der Waals surface area contributed by atoms with Gasteiger partial charge in [-0.15, -0.1) is 0 Å². The Kier molecular flexibility index (Phi) is 3.17. The van der Waals surface area contributed by atoms with Gasteiger partial charge in [0.2, 0.25) is 0 Å². The van der Waals surface area contributed by atoms with Crippen LogP contribution in [-0.2, 0) is 4.74 Å². The summed E-state index contributed by atoms with van der Waals surface area (Å²) in [5.41, 5.74) is 1.51. The Balaban J connectivity index is 2.68. The van der Waals surface area contributed by atoms with Gasteiger partial charge in [-0.2, -0.15) is 0 Å². The van der Waals surface area contributed by atoms with E-state index < -0.39 is 0 Å². The summed E-state index contributed by atoms with van der Waals surface area (Å²) in [7, 11) is 1.79. The molecule has 1 unspecified atom stereocenters. The van der Waals surface area contributed by atoms with Crippen LogP contribution in [0, 0.1) is 0 Å². The van der Waals surface area contributed by atoms with Gasteiger partial charge in [0, 0.05) is 10.7 Å². The van der Waals surface area contributed by atoms with Crippen molar-refractivity contribution >= 4 is 22.6 Å². The standard InChI is InChI=1S/C8H13IO/c1-6-4-3-5-7(10-2)8(6)9/h7H,3-5H2,1-2H3. The van der Waals surface area contributed by atoms with Crippen molar-refractivity contribution in [3.63, 3.8) is 0 Å². The van der Waals surface area contributed by atoms with Crippen molar-refractivity contribution in [2.45, 2.75) is 32.3 Å². The first kappa shape index (κ1) is 8.53. The van der Waals surface area contributed by atoms with Crippen molar-refractivity contribution in [2.24, 2.45) is 0 Å². The number of ether oxygens (including phenoxy) is 1. The molecule has 2 heteroatoms. The normalized spacial score (nSPS) is 27.3. The lowest BCUT2D eigenvalue weighted by Gasteiger charge is -2.22. The van der Waals surface area contributed by atoms with Gasteiger partial charge in [0.05, 0.1) is 6.10 Å². The van der Waals surface area contributed by atoms with Crippen LogP contribution in [0.1, 0.15) is 26.2 Å². The first-order valence-electron chi connectivity index (χ1n) is 3.63. The van der Waals surface area contributed by atoms with E-state index >= 15 is 0 Å². The summed E-state index contributed by atoms with van der Waals surface area (Å²) in [4.78, 5) is 0. The Labute approximate surface area is 76.0 Å². The second kappa shape index (κ2) is 3.72. The van der Waals surface area contributed by atoms with Gasteiger partial charge in [0.25, 0.3) is 0 Å². The highest BCUT2D eigenvalue weighted by Crippen LogP contribution is 2.30. The summed E-state index contributed by atoms with van der Waals surface area (Å²) in [5.74, 6) is 0.